The van der Waals surface area contributed by atoms with Crippen LogP contribution in [0, 0.1) is 5.92 Å². The first kappa shape index (κ1) is 12.9. The van der Waals surface area contributed by atoms with Gasteiger partial charge < -0.3 is 9.84 Å². The summed E-state index contributed by atoms with van der Waals surface area (Å²) in [7, 11) is 0. The van der Waals surface area contributed by atoms with Gasteiger partial charge in [-0.15, -0.1) is 11.6 Å². The summed E-state index contributed by atoms with van der Waals surface area (Å²) in [5, 5.41) is 9.52. The van der Waals surface area contributed by atoms with Crippen LogP contribution in [0.3, 0.4) is 0 Å². The summed E-state index contributed by atoms with van der Waals surface area (Å²) >= 11 is 6.18. The second kappa shape index (κ2) is 6.39. The fraction of sp³-hybridized carbons (Fsp3) is 0.571. The molecule has 1 aromatic carbocycles. The van der Waals surface area contributed by atoms with Crippen LogP contribution in [-0.2, 0) is 11.3 Å². The maximum absolute atomic E-state index is 9.68. The molecular weight excluding hydrogens is 236 g/mol. The predicted octanol–water partition coefficient (Wildman–Crippen LogP) is 2.97. The Balaban J connectivity index is 1.75. The number of ether oxygens (including phenoxy) is 1. The highest BCUT2D eigenvalue weighted by Crippen LogP contribution is 2.29. The molecule has 0 unspecified atom stereocenters. The number of hydrogen-bond acceptors (Lipinski definition) is 2. The van der Waals surface area contributed by atoms with Crippen LogP contribution in [0.2, 0.25) is 0 Å². The van der Waals surface area contributed by atoms with Crippen molar-refractivity contribution in [2.24, 2.45) is 5.92 Å². The molecule has 2 nitrogen and oxygen atoms in total. The van der Waals surface area contributed by atoms with Crippen LogP contribution in [0.15, 0.2) is 30.3 Å². The first-order valence-corrected chi connectivity index (χ1v) is 6.65. The van der Waals surface area contributed by atoms with Gasteiger partial charge in [-0.25, -0.2) is 0 Å². The molecular formula is C14H19ClO2. The first-order chi connectivity index (χ1) is 8.27. The zero-order valence-corrected chi connectivity index (χ0v) is 10.6. The van der Waals surface area contributed by atoms with Gasteiger partial charge in [0, 0.05) is 5.92 Å². The molecule has 0 aromatic heterocycles. The summed E-state index contributed by atoms with van der Waals surface area (Å²) in [6.07, 6.45) is 2.56. The third-order valence-corrected chi connectivity index (χ3v) is 3.98. The van der Waals surface area contributed by atoms with Gasteiger partial charge in [-0.05, 0) is 18.4 Å². The normalized spacial score (nSPS) is 29.2. The lowest BCUT2D eigenvalue weighted by Crippen LogP contribution is -2.35. The van der Waals surface area contributed by atoms with Crippen LogP contribution < -0.4 is 0 Å². The Kier molecular flexibility index (Phi) is 4.84. The van der Waals surface area contributed by atoms with Crippen LogP contribution in [-0.4, -0.2) is 23.2 Å². The van der Waals surface area contributed by atoms with Crippen molar-refractivity contribution < 1.29 is 9.84 Å². The maximum Gasteiger partial charge on any atom is 0.0717 e. The predicted molar refractivity (Wildman–Crippen MR) is 69.1 cm³/mol. The van der Waals surface area contributed by atoms with E-state index in [0.29, 0.717) is 13.2 Å². The van der Waals surface area contributed by atoms with E-state index < -0.39 is 0 Å². The van der Waals surface area contributed by atoms with Crippen LogP contribution in [0.5, 0.6) is 0 Å². The molecule has 0 amide bonds. The molecule has 94 valence electrons. The highest BCUT2D eigenvalue weighted by molar-refractivity contribution is 6.21. The Hall–Kier alpha value is -0.570. The molecule has 1 N–H and O–H groups in total. The van der Waals surface area contributed by atoms with Crippen LogP contribution in [0.25, 0.3) is 0 Å². The number of aliphatic hydroxyl groups is 1. The highest BCUT2D eigenvalue weighted by atomic mass is 35.5. The van der Waals surface area contributed by atoms with E-state index in [1.54, 1.807) is 0 Å². The maximum atomic E-state index is 9.68. The quantitative estimate of drug-likeness (QED) is 0.837. The Bertz CT molecular complexity index is 328. The second-order valence-electron chi connectivity index (χ2n) is 4.70. The molecule has 3 atom stereocenters. The van der Waals surface area contributed by atoms with E-state index in [-0.39, 0.29) is 17.4 Å². The molecule has 1 aromatic rings. The molecule has 0 spiro atoms. The van der Waals surface area contributed by atoms with E-state index in [2.05, 4.69) is 0 Å². The summed E-state index contributed by atoms with van der Waals surface area (Å²) in [6.45, 7) is 1.26. The number of hydrogen-bond donors (Lipinski definition) is 1. The third-order valence-electron chi connectivity index (χ3n) is 3.34. The van der Waals surface area contributed by atoms with Gasteiger partial charge in [0.2, 0.25) is 0 Å². The van der Waals surface area contributed by atoms with Gasteiger partial charge >= 0.3 is 0 Å². The number of aliphatic hydroxyl groups excluding tert-OH is 1. The first-order valence-electron chi connectivity index (χ1n) is 6.21. The number of alkyl halides is 1. The molecule has 1 aliphatic rings. The minimum absolute atomic E-state index is 0.153. The van der Waals surface area contributed by atoms with Gasteiger partial charge in [-0.2, -0.15) is 0 Å². The molecule has 17 heavy (non-hydrogen) atoms. The average Bonchev–Trinajstić information content (AvgIpc) is 2.36. The molecule has 1 aliphatic carbocycles. The van der Waals surface area contributed by atoms with E-state index in [9.17, 15) is 5.11 Å². The largest absolute Gasteiger partial charge is 0.392 e. The summed E-state index contributed by atoms with van der Waals surface area (Å²) in [5.41, 5.74) is 1.18. The van der Waals surface area contributed by atoms with Crippen molar-refractivity contribution in [3.63, 3.8) is 0 Å². The van der Waals surface area contributed by atoms with Gasteiger partial charge in [-0.1, -0.05) is 36.8 Å². The summed E-state index contributed by atoms with van der Waals surface area (Å²) in [4.78, 5) is 0. The average molecular weight is 255 g/mol. The summed E-state index contributed by atoms with van der Waals surface area (Å²) < 4.78 is 5.68. The van der Waals surface area contributed by atoms with E-state index in [1.165, 1.54) is 5.56 Å². The molecule has 1 saturated carbocycles. The SMILES string of the molecule is O[C@H]1CCC[C@H](COCc2ccccc2)[C@@H]1Cl. The fourth-order valence-electron chi connectivity index (χ4n) is 2.30. The van der Waals surface area contributed by atoms with E-state index in [4.69, 9.17) is 16.3 Å². The van der Waals surface area contributed by atoms with Gasteiger partial charge in [0.1, 0.15) is 0 Å². The topological polar surface area (TPSA) is 29.5 Å². The van der Waals surface area contributed by atoms with E-state index in [0.717, 1.165) is 19.3 Å². The van der Waals surface area contributed by atoms with E-state index >= 15 is 0 Å². The number of halogens is 1. The van der Waals surface area contributed by atoms with Crippen molar-refractivity contribution in [1.29, 1.82) is 0 Å². The minimum atomic E-state index is -0.365. The van der Waals surface area contributed by atoms with E-state index in [1.807, 2.05) is 30.3 Å². The standard InChI is InChI=1S/C14H19ClO2/c15-14-12(7-4-8-13(14)16)10-17-9-11-5-2-1-3-6-11/h1-3,5-6,12-14,16H,4,7-10H2/t12-,13+,14+/m1/s1. The van der Waals surface area contributed by atoms with Gasteiger partial charge in [0.15, 0.2) is 0 Å². The van der Waals surface area contributed by atoms with Gasteiger partial charge in [0.25, 0.3) is 0 Å². The smallest absolute Gasteiger partial charge is 0.0717 e. The number of rotatable bonds is 4. The van der Waals surface area contributed by atoms with Crippen molar-refractivity contribution in [3.8, 4) is 0 Å². The molecule has 0 heterocycles. The monoisotopic (exact) mass is 254 g/mol. The molecule has 0 radical (unpaired) electrons. The summed E-state index contributed by atoms with van der Waals surface area (Å²) in [6, 6.07) is 10.1. The van der Waals surface area contributed by atoms with Crippen molar-refractivity contribution in [3.05, 3.63) is 35.9 Å². The Labute approximate surface area is 108 Å². The Morgan fingerprint density at radius 3 is 2.76 bits per heavy atom. The van der Waals surface area contributed by atoms with Gasteiger partial charge in [-0.3, -0.25) is 0 Å². The molecule has 2 rings (SSSR count). The molecule has 3 heteroatoms. The van der Waals surface area contributed by atoms with Crippen molar-refractivity contribution in [2.75, 3.05) is 6.61 Å². The highest BCUT2D eigenvalue weighted by Gasteiger charge is 2.30. The Morgan fingerprint density at radius 2 is 2.00 bits per heavy atom. The van der Waals surface area contributed by atoms with Crippen molar-refractivity contribution in [2.45, 2.75) is 37.4 Å². The van der Waals surface area contributed by atoms with Crippen molar-refractivity contribution in [1.82, 2.24) is 0 Å². The zero-order chi connectivity index (χ0) is 12.1. The van der Waals surface area contributed by atoms with Crippen molar-refractivity contribution >= 4 is 11.6 Å². The molecule has 0 saturated heterocycles. The molecule has 0 bridgehead atoms. The third kappa shape index (κ3) is 3.70. The van der Waals surface area contributed by atoms with Crippen LogP contribution >= 0.6 is 11.6 Å². The van der Waals surface area contributed by atoms with Crippen LogP contribution in [0.4, 0.5) is 0 Å². The van der Waals surface area contributed by atoms with Crippen LogP contribution in [0.1, 0.15) is 24.8 Å². The zero-order valence-electron chi connectivity index (χ0n) is 9.89. The molecule has 0 aliphatic heterocycles. The van der Waals surface area contributed by atoms with Gasteiger partial charge in [0.05, 0.1) is 24.7 Å². The summed E-state index contributed by atoms with van der Waals surface area (Å²) in [5.74, 6) is 0.282. The molecule has 1 fully saturated rings. The minimum Gasteiger partial charge on any atom is -0.392 e. The lowest BCUT2D eigenvalue weighted by Gasteiger charge is -2.31. The second-order valence-corrected chi connectivity index (χ2v) is 5.21. The lowest BCUT2D eigenvalue weighted by atomic mass is 9.87. The number of benzene rings is 1. The lowest BCUT2D eigenvalue weighted by molar-refractivity contribution is 0.0384. The Morgan fingerprint density at radius 1 is 1.24 bits per heavy atom. The fourth-order valence-corrected chi connectivity index (χ4v) is 2.62.